The van der Waals surface area contributed by atoms with E-state index in [-0.39, 0.29) is 0 Å². The molecule has 2 nitrogen and oxygen atoms in total. The highest BCUT2D eigenvalue weighted by molar-refractivity contribution is 7.06. The van der Waals surface area contributed by atoms with Gasteiger partial charge in [0.1, 0.15) is 11.3 Å². The maximum absolute atomic E-state index is 3.82. The summed E-state index contributed by atoms with van der Waals surface area (Å²) >= 11 is 1.34. The van der Waals surface area contributed by atoms with Crippen LogP contribution in [0.25, 0.3) is 6.08 Å². The van der Waals surface area contributed by atoms with E-state index in [0.717, 1.165) is 5.01 Å². The molecule has 36 valence electrons. The molecule has 1 heterocycles. The average Bonchev–Trinajstić information content (AvgIpc) is 2.14. The number of hydrogen-bond acceptors (Lipinski definition) is 3. The maximum Gasteiger partial charge on any atom is 0.135 e. The van der Waals surface area contributed by atoms with Gasteiger partial charge in [0, 0.05) is 0 Å². The summed E-state index contributed by atoms with van der Waals surface area (Å²) in [6, 6.07) is 0. The zero-order chi connectivity index (χ0) is 5.11. The second-order valence-corrected chi connectivity index (χ2v) is 1.80. The van der Waals surface area contributed by atoms with Crippen molar-refractivity contribution >= 4 is 17.6 Å². The first-order valence-corrected chi connectivity index (χ1v) is 2.60. The Morgan fingerprint density at radius 2 is 2.71 bits per heavy atom. The highest BCUT2D eigenvalue weighted by atomic mass is 32.1. The van der Waals surface area contributed by atoms with Crippen molar-refractivity contribution in [2.24, 2.45) is 0 Å². The fourth-order valence-electron chi connectivity index (χ4n) is 0.272. The summed E-state index contributed by atoms with van der Waals surface area (Å²) in [6.07, 6.45) is 3.19. The Bertz CT molecular complexity index is 145. The van der Waals surface area contributed by atoms with Crippen molar-refractivity contribution in [3.63, 3.8) is 0 Å². The molecule has 0 fully saturated rings. The lowest BCUT2D eigenvalue weighted by atomic mass is 10.7. The van der Waals surface area contributed by atoms with Crippen LogP contribution in [0, 0.1) is 0 Å². The molecule has 1 aromatic heterocycles. The van der Waals surface area contributed by atoms with Crippen molar-refractivity contribution in [1.82, 2.24) is 9.36 Å². The summed E-state index contributed by atoms with van der Waals surface area (Å²) in [7, 11) is 0. The Morgan fingerprint density at radius 1 is 1.86 bits per heavy atom. The molecule has 0 bridgehead atoms. The lowest BCUT2D eigenvalue weighted by Crippen LogP contribution is -1.58. The first-order valence-electron chi connectivity index (χ1n) is 1.82. The number of nitrogens with zero attached hydrogens (tertiary/aromatic N) is 2. The van der Waals surface area contributed by atoms with Gasteiger partial charge in [-0.05, 0) is 17.6 Å². The molecular weight excluding hydrogens is 108 g/mol. The first kappa shape index (κ1) is 4.46. The second-order valence-electron chi connectivity index (χ2n) is 0.984. The van der Waals surface area contributed by atoms with Gasteiger partial charge in [-0.15, -0.1) is 0 Å². The van der Waals surface area contributed by atoms with Crippen LogP contribution in [-0.2, 0) is 0 Å². The van der Waals surface area contributed by atoms with E-state index in [9.17, 15) is 0 Å². The van der Waals surface area contributed by atoms with Gasteiger partial charge in [0.25, 0.3) is 0 Å². The van der Waals surface area contributed by atoms with Crippen molar-refractivity contribution in [1.29, 1.82) is 0 Å². The van der Waals surface area contributed by atoms with Gasteiger partial charge in [0.2, 0.25) is 0 Å². The zero-order valence-electron chi connectivity index (χ0n) is 3.66. The molecule has 0 unspecified atom stereocenters. The van der Waals surface area contributed by atoms with Crippen LogP contribution in [0.5, 0.6) is 0 Å². The summed E-state index contributed by atoms with van der Waals surface area (Å²) in [5, 5.41) is 0.875. The SMILES string of the molecule is C=Cc1ncns1. The average molecular weight is 112 g/mol. The Labute approximate surface area is 45.7 Å². The van der Waals surface area contributed by atoms with Gasteiger partial charge in [-0.25, -0.2) is 4.98 Å². The maximum atomic E-state index is 3.82. The van der Waals surface area contributed by atoms with Crippen LogP contribution < -0.4 is 0 Å². The van der Waals surface area contributed by atoms with Gasteiger partial charge in [-0.2, -0.15) is 4.37 Å². The molecule has 0 spiro atoms. The largest absolute Gasteiger partial charge is 0.224 e. The molecule has 0 saturated heterocycles. The van der Waals surface area contributed by atoms with Crippen LogP contribution in [0.15, 0.2) is 12.9 Å². The minimum Gasteiger partial charge on any atom is -0.224 e. The molecule has 0 aromatic carbocycles. The summed E-state index contributed by atoms with van der Waals surface area (Å²) < 4.78 is 3.75. The Balaban J connectivity index is 2.96. The molecule has 0 aliphatic rings. The summed E-state index contributed by atoms with van der Waals surface area (Å²) in [6.45, 7) is 3.51. The molecule has 0 radical (unpaired) electrons. The number of hydrogen-bond donors (Lipinski definition) is 0. The number of aromatic nitrogens is 2. The van der Waals surface area contributed by atoms with Crippen molar-refractivity contribution in [3.8, 4) is 0 Å². The molecule has 0 aliphatic heterocycles. The minimum absolute atomic E-state index is 0.875. The van der Waals surface area contributed by atoms with E-state index in [1.165, 1.54) is 17.9 Å². The zero-order valence-corrected chi connectivity index (χ0v) is 4.48. The van der Waals surface area contributed by atoms with E-state index in [2.05, 4.69) is 15.9 Å². The van der Waals surface area contributed by atoms with Crippen LogP contribution in [0.2, 0.25) is 0 Å². The molecular formula is C4H4N2S. The Kier molecular flexibility index (Phi) is 1.17. The monoisotopic (exact) mass is 112 g/mol. The van der Waals surface area contributed by atoms with Crippen molar-refractivity contribution in [3.05, 3.63) is 17.9 Å². The van der Waals surface area contributed by atoms with Crippen LogP contribution >= 0.6 is 11.5 Å². The smallest absolute Gasteiger partial charge is 0.135 e. The third-order valence-corrected chi connectivity index (χ3v) is 1.21. The molecule has 1 aromatic rings. The van der Waals surface area contributed by atoms with Crippen LogP contribution in [0.1, 0.15) is 5.01 Å². The normalized spacial score (nSPS) is 8.57. The van der Waals surface area contributed by atoms with E-state index < -0.39 is 0 Å². The van der Waals surface area contributed by atoms with E-state index in [4.69, 9.17) is 0 Å². The molecule has 0 saturated carbocycles. The van der Waals surface area contributed by atoms with Crippen molar-refractivity contribution < 1.29 is 0 Å². The third kappa shape index (κ3) is 0.838. The topological polar surface area (TPSA) is 25.8 Å². The van der Waals surface area contributed by atoms with Gasteiger partial charge >= 0.3 is 0 Å². The molecule has 0 atom stereocenters. The molecule has 1 rings (SSSR count). The van der Waals surface area contributed by atoms with Crippen molar-refractivity contribution in [2.45, 2.75) is 0 Å². The van der Waals surface area contributed by atoms with Crippen LogP contribution in [0.4, 0.5) is 0 Å². The predicted molar refractivity (Wildman–Crippen MR) is 30.0 cm³/mol. The Morgan fingerprint density at radius 3 is 3.00 bits per heavy atom. The van der Waals surface area contributed by atoms with Gasteiger partial charge in [0.05, 0.1) is 0 Å². The summed E-state index contributed by atoms with van der Waals surface area (Å²) in [5.41, 5.74) is 0. The van der Waals surface area contributed by atoms with Gasteiger partial charge in [-0.1, -0.05) is 6.58 Å². The summed E-state index contributed by atoms with van der Waals surface area (Å²) in [4.78, 5) is 3.82. The lowest BCUT2D eigenvalue weighted by molar-refractivity contribution is 1.32. The van der Waals surface area contributed by atoms with Gasteiger partial charge in [0.15, 0.2) is 0 Å². The van der Waals surface area contributed by atoms with Crippen molar-refractivity contribution in [2.75, 3.05) is 0 Å². The van der Waals surface area contributed by atoms with E-state index >= 15 is 0 Å². The van der Waals surface area contributed by atoms with E-state index in [1.807, 2.05) is 0 Å². The standard InChI is InChI=1S/C4H4N2S/c1-2-4-5-3-6-7-4/h2-3H,1H2. The molecule has 0 N–H and O–H groups in total. The fourth-order valence-corrected chi connectivity index (χ4v) is 0.643. The van der Waals surface area contributed by atoms with Gasteiger partial charge in [-0.3, -0.25) is 0 Å². The van der Waals surface area contributed by atoms with Crippen LogP contribution in [-0.4, -0.2) is 9.36 Å². The highest BCUT2D eigenvalue weighted by Crippen LogP contribution is 1.98. The molecule has 0 amide bonds. The van der Waals surface area contributed by atoms with Gasteiger partial charge < -0.3 is 0 Å². The lowest BCUT2D eigenvalue weighted by Gasteiger charge is -1.67. The third-order valence-electron chi connectivity index (χ3n) is 0.553. The minimum atomic E-state index is 0.875. The highest BCUT2D eigenvalue weighted by Gasteiger charge is 1.82. The summed E-state index contributed by atoms with van der Waals surface area (Å²) in [5.74, 6) is 0. The molecule has 3 heteroatoms. The first-order chi connectivity index (χ1) is 3.43. The van der Waals surface area contributed by atoms with Crippen LogP contribution in [0.3, 0.4) is 0 Å². The predicted octanol–water partition coefficient (Wildman–Crippen LogP) is 1.18. The van der Waals surface area contributed by atoms with E-state index in [1.54, 1.807) is 6.08 Å². The second kappa shape index (κ2) is 1.84. The Hall–Kier alpha value is -0.700. The fraction of sp³-hybridized carbons (Fsp3) is 0. The quantitative estimate of drug-likeness (QED) is 0.545. The van der Waals surface area contributed by atoms with E-state index in [0.29, 0.717) is 0 Å². The number of rotatable bonds is 1. The molecule has 0 aliphatic carbocycles. The molecule has 7 heavy (non-hydrogen) atoms.